The summed E-state index contributed by atoms with van der Waals surface area (Å²) in [5, 5.41) is 8.96. The van der Waals surface area contributed by atoms with Crippen LogP contribution in [-0.4, -0.2) is 12.1 Å². The summed E-state index contributed by atoms with van der Waals surface area (Å²) in [6.07, 6.45) is 1.60. The average Bonchev–Trinajstić information content (AvgIpc) is 2.47. The molecule has 0 fully saturated rings. The Kier molecular flexibility index (Phi) is 4.18. The first-order valence-electron chi connectivity index (χ1n) is 6.11. The van der Waals surface area contributed by atoms with Crippen molar-refractivity contribution in [2.24, 2.45) is 5.73 Å². The molecule has 5 nitrogen and oxygen atoms in total. The lowest BCUT2D eigenvalue weighted by Gasteiger charge is -2.09. The van der Waals surface area contributed by atoms with Crippen molar-refractivity contribution in [1.82, 2.24) is 4.98 Å². The predicted octanol–water partition coefficient (Wildman–Crippen LogP) is 2.77. The maximum Gasteiger partial charge on any atom is 0.145 e. The van der Waals surface area contributed by atoms with E-state index in [1.165, 1.54) is 0 Å². The minimum Gasteiger partial charge on any atom is -0.497 e. The second-order valence-corrected chi connectivity index (χ2v) is 4.32. The summed E-state index contributed by atoms with van der Waals surface area (Å²) in [5.41, 5.74) is 7.00. The fraction of sp³-hybridized carbons (Fsp3) is 0.200. The van der Waals surface area contributed by atoms with E-state index in [1.54, 1.807) is 37.6 Å². The van der Waals surface area contributed by atoms with Crippen molar-refractivity contribution in [3.8, 4) is 23.3 Å². The van der Waals surface area contributed by atoms with E-state index in [1.807, 2.05) is 13.0 Å². The van der Waals surface area contributed by atoms with Gasteiger partial charge in [0.15, 0.2) is 0 Å². The van der Waals surface area contributed by atoms with Gasteiger partial charge in [0.1, 0.15) is 17.2 Å². The first kappa shape index (κ1) is 13.8. The maximum atomic E-state index is 8.96. The van der Waals surface area contributed by atoms with E-state index in [0.29, 0.717) is 22.8 Å². The van der Waals surface area contributed by atoms with Gasteiger partial charge in [-0.15, -0.1) is 0 Å². The van der Waals surface area contributed by atoms with Crippen LogP contribution in [0.25, 0.3) is 0 Å². The van der Waals surface area contributed by atoms with Gasteiger partial charge in [0, 0.05) is 12.1 Å². The second-order valence-electron chi connectivity index (χ2n) is 4.32. The summed E-state index contributed by atoms with van der Waals surface area (Å²) >= 11 is 0. The third kappa shape index (κ3) is 3.25. The fourth-order valence-electron chi connectivity index (χ4n) is 1.67. The number of aromatic nitrogens is 1. The number of methoxy groups -OCH3 is 1. The van der Waals surface area contributed by atoms with Crippen LogP contribution < -0.4 is 15.2 Å². The van der Waals surface area contributed by atoms with Gasteiger partial charge in [-0.3, -0.25) is 4.98 Å². The zero-order chi connectivity index (χ0) is 14.5. The number of ether oxygens (including phenoxy) is 2. The number of hydrogen-bond donors (Lipinski definition) is 1. The van der Waals surface area contributed by atoms with Crippen molar-refractivity contribution in [2.45, 2.75) is 13.0 Å². The monoisotopic (exact) mass is 269 g/mol. The molecule has 0 saturated heterocycles. The summed E-state index contributed by atoms with van der Waals surface area (Å²) in [4.78, 5) is 4.21. The SMILES string of the molecule is COc1cc(C#N)cc(Oc2ccc([C@@H](C)N)nc2)c1. The summed E-state index contributed by atoms with van der Waals surface area (Å²) in [7, 11) is 1.54. The Morgan fingerprint density at radius 3 is 2.50 bits per heavy atom. The normalized spacial score (nSPS) is 11.5. The third-order valence-corrected chi connectivity index (χ3v) is 2.71. The molecule has 1 heterocycles. The Hall–Kier alpha value is -2.58. The van der Waals surface area contributed by atoms with Gasteiger partial charge in [0.2, 0.25) is 0 Å². The predicted molar refractivity (Wildman–Crippen MR) is 74.6 cm³/mol. The standard InChI is InChI=1S/C15H15N3O2/c1-10(17)15-4-3-12(9-18-15)20-14-6-11(8-16)5-13(7-14)19-2/h3-7,9-10H,17H2,1-2H3/t10-/m1/s1. The fourth-order valence-corrected chi connectivity index (χ4v) is 1.67. The summed E-state index contributed by atoms with van der Waals surface area (Å²) in [6.45, 7) is 1.87. The first-order valence-corrected chi connectivity index (χ1v) is 6.11. The quantitative estimate of drug-likeness (QED) is 0.923. The molecule has 5 heteroatoms. The lowest BCUT2D eigenvalue weighted by atomic mass is 10.2. The molecule has 1 aromatic carbocycles. The Bertz CT molecular complexity index is 631. The highest BCUT2D eigenvalue weighted by Crippen LogP contribution is 2.27. The van der Waals surface area contributed by atoms with Crippen molar-refractivity contribution in [2.75, 3.05) is 7.11 Å². The molecule has 0 radical (unpaired) electrons. The van der Waals surface area contributed by atoms with Gasteiger partial charge in [0.25, 0.3) is 0 Å². The highest BCUT2D eigenvalue weighted by atomic mass is 16.5. The molecule has 2 aromatic rings. The number of benzene rings is 1. The van der Waals surface area contributed by atoms with E-state index in [0.717, 1.165) is 5.69 Å². The summed E-state index contributed by atoms with van der Waals surface area (Å²) in [6, 6.07) is 10.5. The molecule has 2 N–H and O–H groups in total. The Labute approximate surface area is 117 Å². The minimum atomic E-state index is -0.119. The zero-order valence-corrected chi connectivity index (χ0v) is 11.3. The molecular formula is C15H15N3O2. The van der Waals surface area contributed by atoms with E-state index in [2.05, 4.69) is 11.1 Å². The van der Waals surface area contributed by atoms with Crippen LogP contribution in [0.2, 0.25) is 0 Å². The van der Waals surface area contributed by atoms with Gasteiger partial charge in [-0.25, -0.2) is 0 Å². The van der Waals surface area contributed by atoms with Gasteiger partial charge in [-0.05, 0) is 31.2 Å². The molecule has 0 bridgehead atoms. The van der Waals surface area contributed by atoms with E-state index in [-0.39, 0.29) is 6.04 Å². The molecule has 102 valence electrons. The number of rotatable bonds is 4. The lowest BCUT2D eigenvalue weighted by Crippen LogP contribution is -2.06. The molecule has 20 heavy (non-hydrogen) atoms. The van der Waals surface area contributed by atoms with Gasteiger partial charge in [-0.2, -0.15) is 5.26 Å². The highest BCUT2D eigenvalue weighted by molar-refractivity contribution is 5.45. The van der Waals surface area contributed by atoms with Crippen LogP contribution in [0.1, 0.15) is 24.2 Å². The Morgan fingerprint density at radius 1 is 1.20 bits per heavy atom. The van der Waals surface area contributed by atoms with Gasteiger partial charge >= 0.3 is 0 Å². The van der Waals surface area contributed by atoms with Gasteiger partial charge < -0.3 is 15.2 Å². The van der Waals surface area contributed by atoms with Crippen LogP contribution in [0.15, 0.2) is 36.5 Å². The van der Waals surface area contributed by atoms with E-state index in [4.69, 9.17) is 20.5 Å². The molecule has 1 aromatic heterocycles. The summed E-state index contributed by atoms with van der Waals surface area (Å²) < 4.78 is 10.8. The van der Waals surface area contributed by atoms with E-state index in [9.17, 15) is 0 Å². The van der Waals surface area contributed by atoms with Crippen molar-refractivity contribution in [3.05, 3.63) is 47.8 Å². The smallest absolute Gasteiger partial charge is 0.145 e. The number of nitriles is 1. The zero-order valence-electron chi connectivity index (χ0n) is 11.3. The third-order valence-electron chi connectivity index (χ3n) is 2.71. The van der Waals surface area contributed by atoms with E-state index < -0.39 is 0 Å². The average molecular weight is 269 g/mol. The van der Waals surface area contributed by atoms with Gasteiger partial charge in [-0.1, -0.05) is 0 Å². The topological polar surface area (TPSA) is 81.2 Å². The van der Waals surface area contributed by atoms with Crippen molar-refractivity contribution in [1.29, 1.82) is 5.26 Å². The van der Waals surface area contributed by atoms with Gasteiger partial charge in [0.05, 0.1) is 30.6 Å². The first-order chi connectivity index (χ1) is 9.62. The number of hydrogen-bond acceptors (Lipinski definition) is 5. The number of nitrogens with two attached hydrogens (primary N) is 1. The lowest BCUT2D eigenvalue weighted by molar-refractivity contribution is 0.408. The molecule has 0 aliphatic rings. The van der Waals surface area contributed by atoms with Crippen molar-refractivity contribution >= 4 is 0 Å². The highest BCUT2D eigenvalue weighted by Gasteiger charge is 2.05. The van der Waals surface area contributed by atoms with Crippen LogP contribution in [0.3, 0.4) is 0 Å². The van der Waals surface area contributed by atoms with Crippen molar-refractivity contribution < 1.29 is 9.47 Å². The van der Waals surface area contributed by atoms with Crippen LogP contribution in [0.4, 0.5) is 0 Å². The molecule has 1 atom stereocenters. The van der Waals surface area contributed by atoms with E-state index >= 15 is 0 Å². The van der Waals surface area contributed by atoms with Crippen LogP contribution in [0, 0.1) is 11.3 Å². The van der Waals surface area contributed by atoms with Crippen LogP contribution in [0.5, 0.6) is 17.2 Å². The largest absolute Gasteiger partial charge is 0.497 e. The summed E-state index contributed by atoms with van der Waals surface area (Å²) in [5.74, 6) is 1.67. The molecule has 2 rings (SSSR count). The Morgan fingerprint density at radius 2 is 1.95 bits per heavy atom. The molecular weight excluding hydrogens is 254 g/mol. The second kappa shape index (κ2) is 6.04. The molecule has 0 saturated carbocycles. The maximum absolute atomic E-state index is 8.96. The van der Waals surface area contributed by atoms with Crippen LogP contribution in [-0.2, 0) is 0 Å². The number of nitrogens with zero attached hydrogens (tertiary/aromatic N) is 2. The molecule has 0 amide bonds. The molecule has 0 aliphatic heterocycles. The van der Waals surface area contributed by atoms with Crippen LogP contribution >= 0.6 is 0 Å². The van der Waals surface area contributed by atoms with Crippen molar-refractivity contribution in [3.63, 3.8) is 0 Å². The molecule has 0 unspecified atom stereocenters. The minimum absolute atomic E-state index is 0.119. The number of pyridine rings is 1. The molecule has 0 spiro atoms. The Balaban J connectivity index is 2.23. The molecule has 0 aliphatic carbocycles.